The minimum Gasteiger partial charge on any atom is -0.394 e. The number of hydroxylamine groups is 2. The molecule has 0 bridgehead atoms. The van der Waals surface area contributed by atoms with E-state index in [2.05, 4.69) is 0 Å². The molecule has 0 saturated carbocycles. The molecule has 0 radical (unpaired) electrons. The van der Waals surface area contributed by atoms with Crippen molar-refractivity contribution in [1.82, 2.24) is 5.06 Å². The van der Waals surface area contributed by atoms with Gasteiger partial charge in [-0.25, -0.2) is 0 Å². The summed E-state index contributed by atoms with van der Waals surface area (Å²) in [6.45, 7) is -0.716. The van der Waals surface area contributed by atoms with Crippen LogP contribution in [0, 0.1) is 0 Å². The van der Waals surface area contributed by atoms with Crippen LogP contribution in [-0.4, -0.2) is 76.9 Å². The van der Waals surface area contributed by atoms with Crippen molar-refractivity contribution >= 4 is 6.29 Å². The summed E-state index contributed by atoms with van der Waals surface area (Å²) < 4.78 is 0. The molecule has 4 unspecified atom stereocenters. The molecule has 0 fully saturated rings. The minimum absolute atomic E-state index is 0.304. The van der Waals surface area contributed by atoms with Crippen LogP contribution in [-0.2, 0) is 9.63 Å². The highest BCUT2D eigenvalue weighted by molar-refractivity contribution is 5.57. The van der Waals surface area contributed by atoms with Gasteiger partial charge in [0.1, 0.15) is 18.3 Å². The zero-order valence-electron chi connectivity index (χ0n) is 8.65. The van der Waals surface area contributed by atoms with Gasteiger partial charge in [0.05, 0.1) is 6.61 Å². The van der Waals surface area contributed by atoms with E-state index in [9.17, 15) is 15.0 Å². The summed E-state index contributed by atoms with van der Waals surface area (Å²) in [6.07, 6.45) is -5.76. The van der Waals surface area contributed by atoms with Crippen LogP contribution in [0.4, 0.5) is 0 Å². The summed E-state index contributed by atoms with van der Waals surface area (Å²) in [5, 5.41) is 37.4. The van der Waals surface area contributed by atoms with Crippen LogP contribution in [0.2, 0.25) is 0 Å². The zero-order chi connectivity index (χ0) is 12.0. The lowest BCUT2D eigenvalue weighted by atomic mass is 10.0. The van der Waals surface area contributed by atoms with Gasteiger partial charge >= 0.3 is 0 Å². The van der Waals surface area contributed by atoms with Gasteiger partial charge < -0.3 is 25.2 Å². The Bertz CT molecular complexity index is 188. The van der Waals surface area contributed by atoms with Crippen molar-refractivity contribution in [3.8, 4) is 0 Å². The molecule has 0 rings (SSSR count). The first-order valence-corrected chi connectivity index (χ1v) is 4.38. The van der Waals surface area contributed by atoms with Crippen LogP contribution < -0.4 is 0 Å². The van der Waals surface area contributed by atoms with Gasteiger partial charge in [-0.2, -0.15) is 5.06 Å². The highest BCUT2D eigenvalue weighted by Crippen LogP contribution is 2.07. The van der Waals surface area contributed by atoms with Gasteiger partial charge in [0.25, 0.3) is 0 Å². The van der Waals surface area contributed by atoms with Crippen molar-refractivity contribution in [2.24, 2.45) is 0 Å². The second kappa shape index (κ2) is 6.83. The normalized spacial score (nSPS) is 19.7. The Kier molecular flexibility index (Phi) is 6.57. The largest absolute Gasteiger partial charge is 0.394 e. The van der Waals surface area contributed by atoms with Crippen molar-refractivity contribution < 1.29 is 30.1 Å². The number of aliphatic hydroxyl groups is 4. The zero-order valence-corrected chi connectivity index (χ0v) is 8.65. The van der Waals surface area contributed by atoms with E-state index in [1.165, 1.54) is 19.2 Å². The molecule has 4 N–H and O–H groups in total. The summed E-state index contributed by atoms with van der Waals surface area (Å²) in [5.41, 5.74) is 0. The highest BCUT2D eigenvalue weighted by atomic mass is 16.7. The van der Waals surface area contributed by atoms with Crippen molar-refractivity contribution in [2.75, 3.05) is 20.7 Å². The molecular formula is C8H17NO6. The van der Waals surface area contributed by atoms with Gasteiger partial charge in [-0.1, -0.05) is 0 Å². The Balaban J connectivity index is 4.36. The molecule has 0 aliphatic heterocycles. The van der Waals surface area contributed by atoms with E-state index in [1.807, 2.05) is 0 Å². The lowest BCUT2D eigenvalue weighted by Crippen LogP contribution is -2.48. The van der Waals surface area contributed by atoms with Crippen LogP contribution in [0.25, 0.3) is 0 Å². The fourth-order valence-corrected chi connectivity index (χ4v) is 0.941. The average Bonchev–Trinajstić information content (AvgIpc) is 2.22. The second-order valence-corrected chi connectivity index (χ2v) is 3.25. The summed E-state index contributed by atoms with van der Waals surface area (Å²) in [5.74, 6) is 0. The molecule has 4 atom stereocenters. The number of aliphatic hydroxyl groups excluding tert-OH is 4. The summed E-state index contributed by atoms with van der Waals surface area (Å²) in [4.78, 5) is 15.4. The van der Waals surface area contributed by atoms with Crippen molar-refractivity contribution in [3.05, 3.63) is 0 Å². The molecule has 0 spiro atoms. The van der Waals surface area contributed by atoms with Gasteiger partial charge in [-0.15, -0.1) is 0 Å². The summed E-state index contributed by atoms with van der Waals surface area (Å²) in [7, 11) is 3.00. The molecule has 0 amide bonds. The highest BCUT2D eigenvalue weighted by Gasteiger charge is 2.32. The molecule has 0 aliphatic rings. The number of aldehydes is 1. The topological polar surface area (TPSA) is 110 Å². The molecule has 0 aliphatic carbocycles. The Morgan fingerprint density at radius 1 is 1.27 bits per heavy atom. The smallest absolute Gasteiger partial charge is 0.163 e. The summed E-state index contributed by atoms with van der Waals surface area (Å²) in [6, 6.07) is 0. The molecule has 0 aromatic heterocycles. The third-order valence-electron chi connectivity index (χ3n) is 1.73. The predicted octanol–water partition coefficient (Wildman–Crippen LogP) is -2.88. The van der Waals surface area contributed by atoms with E-state index < -0.39 is 31.0 Å². The number of rotatable bonds is 7. The monoisotopic (exact) mass is 223 g/mol. The van der Waals surface area contributed by atoms with Gasteiger partial charge in [0.15, 0.2) is 12.4 Å². The van der Waals surface area contributed by atoms with E-state index in [1.54, 1.807) is 0 Å². The van der Waals surface area contributed by atoms with E-state index in [0.717, 1.165) is 0 Å². The van der Waals surface area contributed by atoms with Gasteiger partial charge in [0, 0.05) is 14.1 Å². The van der Waals surface area contributed by atoms with E-state index in [4.69, 9.17) is 15.1 Å². The molecule has 90 valence electrons. The fourth-order valence-electron chi connectivity index (χ4n) is 0.941. The lowest BCUT2D eigenvalue weighted by Gasteiger charge is -2.27. The van der Waals surface area contributed by atoms with Crippen LogP contribution in [0.15, 0.2) is 0 Å². The van der Waals surface area contributed by atoms with Crippen molar-refractivity contribution in [3.63, 3.8) is 0 Å². The number of hydrogen-bond acceptors (Lipinski definition) is 7. The van der Waals surface area contributed by atoms with E-state index in [-0.39, 0.29) is 0 Å². The minimum atomic E-state index is -1.65. The lowest BCUT2D eigenvalue weighted by molar-refractivity contribution is -0.210. The maximum absolute atomic E-state index is 10.5. The van der Waals surface area contributed by atoms with Crippen molar-refractivity contribution in [1.29, 1.82) is 0 Å². The molecule has 0 aromatic carbocycles. The first-order chi connectivity index (χ1) is 6.93. The molecule has 0 aromatic rings. The number of carbonyl (C=O) groups excluding carboxylic acids is 1. The van der Waals surface area contributed by atoms with Gasteiger partial charge in [-0.3, -0.25) is 4.84 Å². The van der Waals surface area contributed by atoms with Crippen LogP contribution in [0.1, 0.15) is 0 Å². The standard InChI is InChI=1S/C8H17NO6/c1-9(2)15-6(4-11)8(14)7(13)5(12)3-10/h4-8,10,12-14H,3H2,1-2H3. The molecule has 15 heavy (non-hydrogen) atoms. The first-order valence-electron chi connectivity index (χ1n) is 4.38. The second-order valence-electron chi connectivity index (χ2n) is 3.25. The third kappa shape index (κ3) is 4.65. The Hall–Kier alpha value is -0.570. The van der Waals surface area contributed by atoms with Crippen LogP contribution in [0.3, 0.4) is 0 Å². The molecular weight excluding hydrogens is 206 g/mol. The van der Waals surface area contributed by atoms with Crippen LogP contribution >= 0.6 is 0 Å². The maximum Gasteiger partial charge on any atom is 0.163 e. The molecule has 0 saturated heterocycles. The Morgan fingerprint density at radius 2 is 1.80 bits per heavy atom. The van der Waals surface area contributed by atoms with Gasteiger partial charge in [-0.05, 0) is 0 Å². The average molecular weight is 223 g/mol. The SMILES string of the molecule is CN(C)OC(C=O)C(O)C(O)C(O)CO. The summed E-state index contributed by atoms with van der Waals surface area (Å²) >= 11 is 0. The Morgan fingerprint density at radius 3 is 2.13 bits per heavy atom. The van der Waals surface area contributed by atoms with E-state index in [0.29, 0.717) is 6.29 Å². The number of carbonyl (C=O) groups is 1. The number of hydrogen-bond donors (Lipinski definition) is 4. The quantitative estimate of drug-likeness (QED) is 0.271. The number of nitrogens with zero attached hydrogens (tertiary/aromatic N) is 1. The molecule has 7 heteroatoms. The Labute approximate surface area is 87.5 Å². The van der Waals surface area contributed by atoms with Crippen LogP contribution in [0.5, 0.6) is 0 Å². The molecule has 0 heterocycles. The van der Waals surface area contributed by atoms with Gasteiger partial charge in [0.2, 0.25) is 0 Å². The fraction of sp³-hybridized carbons (Fsp3) is 0.875. The maximum atomic E-state index is 10.5. The van der Waals surface area contributed by atoms with Crippen molar-refractivity contribution in [2.45, 2.75) is 24.4 Å². The molecule has 7 nitrogen and oxygen atoms in total. The first kappa shape index (κ1) is 14.4. The third-order valence-corrected chi connectivity index (χ3v) is 1.73. The van der Waals surface area contributed by atoms with E-state index >= 15 is 0 Å². The predicted molar refractivity (Wildman–Crippen MR) is 49.7 cm³/mol.